The molecule has 6 nitrogen and oxygen atoms in total. The fourth-order valence-corrected chi connectivity index (χ4v) is 2.11. The highest BCUT2D eigenvalue weighted by Crippen LogP contribution is 2.38. The van der Waals surface area contributed by atoms with Crippen molar-refractivity contribution in [2.24, 2.45) is 0 Å². The number of ether oxygens (including phenoxy) is 2. The van der Waals surface area contributed by atoms with E-state index in [1.807, 2.05) is 20.8 Å². The average molecular weight is 284 g/mol. The highest BCUT2D eigenvalue weighted by Gasteiger charge is 2.50. The monoisotopic (exact) mass is 284 g/mol. The Morgan fingerprint density at radius 2 is 1.90 bits per heavy atom. The third-order valence-corrected chi connectivity index (χ3v) is 3.44. The predicted molar refractivity (Wildman–Crippen MR) is 75.7 cm³/mol. The van der Waals surface area contributed by atoms with Gasteiger partial charge in [-0.3, -0.25) is 0 Å². The zero-order chi connectivity index (χ0) is 15.6. The number of allylic oxidation sites excluding steroid dienone is 2. The molecule has 2 atom stereocenters. The van der Waals surface area contributed by atoms with Crippen LogP contribution in [0.15, 0.2) is 24.6 Å². The predicted octanol–water partition coefficient (Wildman–Crippen LogP) is 3.27. The lowest BCUT2D eigenvalue weighted by molar-refractivity contribution is -1.01. The first-order chi connectivity index (χ1) is 9.10. The Balaban J connectivity index is 3.24. The van der Waals surface area contributed by atoms with E-state index in [1.54, 1.807) is 37.2 Å². The fourth-order valence-electron chi connectivity index (χ4n) is 2.11. The first-order valence-corrected chi connectivity index (χ1v) is 6.63. The minimum atomic E-state index is -1.30. The van der Waals surface area contributed by atoms with E-state index in [2.05, 4.69) is 4.74 Å². The van der Waals surface area contributed by atoms with Crippen molar-refractivity contribution in [3.8, 4) is 0 Å². The molecule has 0 amide bonds. The van der Waals surface area contributed by atoms with Gasteiger partial charge in [-0.2, -0.15) is 4.76 Å². The summed E-state index contributed by atoms with van der Waals surface area (Å²) < 4.78 is 8.91. The minimum absolute atomic E-state index is 0.344. The summed E-state index contributed by atoms with van der Waals surface area (Å²) in [7, 11) is 1.22. The molecule has 0 saturated carbocycles. The number of carbonyl (C=O) groups is 1. The normalized spacial score (nSPS) is 25.2. The Morgan fingerprint density at radius 1 is 1.30 bits per heavy atom. The fraction of sp³-hybridized carbons (Fsp3) is 0.643. The second-order valence-electron chi connectivity index (χ2n) is 5.91. The van der Waals surface area contributed by atoms with E-state index in [0.717, 1.165) is 0 Å². The van der Waals surface area contributed by atoms with Crippen LogP contribution in [0.25, 0.3) is 0 Å². The maximum absolute atomic E-state index is 13.4. The largest absolute Gasteiger partial charge is 0.598 e. The van der Waals surface area contributed by atoms with Crippen molar-refractivity contribution in [3.63, 3.8) is 0 Å². The van der Waals surface area contributed by atoms with Crippen LogP contribution in [0.4, 0.5) is 4.79 Å². The van der Waals surface area contributed by atoms with Crippen molar-refractivity contribution in [1.82, 2.24) is 5.01 Å². The molecule has 2 unspecified atom stereocenters. The molecule has 0 aliphatic carbocycles. The number of methoxy groups -OCH3 is 1. The molecule has 1 heterocycles. The van der Waals surface area contributed by atoms with Gasteiger partial charge in [0.1, 0.15) is 6.20 Å². The van der Waals surface area contributed by atoms with Gasteiger partial charge in [0.25, 0.3) is 5.72 Å². The Kier molecular flexibility index (Phi) is 4.51. The van der Waals surface area contributed by atoms with Crippen LogP contribution in [0.5, 0.6) is 0 Å². The zero-order valence-electron chi connectivity index (χ0n) is 13.0. The summed E-state index contributed by atoms with van der Waals surface area (Å²) in [5.74, 6) is 0. The maximum Gasteiger partial charge on any atom is 0.512 e. The number of carbonyl (C=O) groups excluding carboxylic acids is 1. The van der Waals surface area contributed by atoms with E-state index in [4.69, 9.17) is 4.74 Å². The summed E-state index contributed by atoms with van der Waals surface area (Å²) in [6.07, 6.45) is 6.10. The molecule has 0 radical (unpaired) electrons. The van der Waals surface area contributed by atoms with Gasteiger partial charge in [0.2, 0.25) is 0 Å². The van der Waals surface area contributed by atoms with Crippen LogP contribution in [0.2, 0.25) is 0 Å². The van der Waals surface area contributed by atoms with Crippen LogP contribution in [0, 0.1) is 5.21 Å². The quantitative estimate of drug-likeness (QED) is 0.452. The van der Waals surface area contributed by atoms with Crippen LogP contribution in [-0.2, 0) is 9.47 Å². The standard InChI is InChI=1S/C14H24N2O4/c1-7-14(5,20-12(17)19-6)16(18)11-9-8-10-15(16)13(2,3)4/h8-11H,7H2,1-6H3. The summed E-state index contributed by atoms with van der Waals surface area (Å²) in [5.41, 5.74) is -1.74. The summed E-state index contributed by atoms with van der Waals surface area (Å²) in [5, 5.41) is 15.0. The summed E-state index contributed by atoms with van der Waals surface area (Å²) in [6, 6.07) is 0. The Bertz CT molecular complexity index is 427. The van der Waals surface area contributed by atoms with Crippen molar-refractivity contribution >= 4 is 6.16 Å². The Morgan fingerprint density at radius 3 is 2.35 bits per heavy atom. The van der Waals surface area contributed by atoms with Gasteiger partial charge in [-0.25, -0.2) is 9.80 Å². The smallest absolute Gasteiger partial charge is 0.512 e. The van der Waals surface area contributed by atoms with Crippen molar-refractivity contribution in [2.75, 3.05) is 7.11 Å². The molecule has 1 aliphatic rings. The lowest BCUT2D eigenvalue weighted by Crippen LogP contribution is -2.69. The molecular weight excluding hydrogens is 260 g/mol. The van der Waals surface area contributed by atoms with Gasteiger partial charge in [-0.1, -0.05) is 6.92 Å². The molecule has 0 bridgehead atoms. The number of rotatable bonds is 3. The average Bonchev–Trinajstić information content (AvgIpc) is 2.37. The van der Waals surface area contributed by atoms with Gasteiger partial charge < -0.3 is 14.7 Å². The van der Waals surface area contributed by atoms with E-state index in [9.17, 15) is 10.0 Å². The molecule has 1 rings (SSSR count). The van der Waals surface area contributed by atoms with Gasteiger partial charge in [0, 0.05) is 13.3 Å². The molecule has 20 heavy (non-hydrogen) atoms. The lowest BCUT2D eigenvalue weighted by Gasteiger charge is -2.58. The number of hydrogen-bond acceptors (Lipinski definition) is 5. The van der Waals surface area contributed by atoms with Crippen molar-refractivity contribution in [1.29, 1.82) is 0 Å². The van der Waals surface area contributed by atoms with Gasteiger partial charge in [-0.15, -0.1) is 0 Å². The van der Waals surface area contributed by atoms with E-state index in [1.165, 1.54) is 13.3 Å². The molecule has 114 valence electrons. The van der Waals surface area contributed by atoms with Gasteiger partial charge in [0.15, 0.2) is 0 Å². The Labute approximate surface area is 120 Å². The number of nitrogens with zero attached hydrogens (tertiary/aromatic N) is 2. The van der Waals surface area contributed by atoms with Crippen LogP contribution >= 0.6 is 0 Å². The van der Waals surface area contributed by atoms with Crippen molar-refractivity contribution < 1.29 is 19.0 Å². The topological polar surface area (TPSA) is 61.8 Å². The third kappa shape index (κ3) is 2.81. The lowest BCUT2D eigenvalue weighted by atomic mass is 10.1. The first-order valence-electron chi connectivity index (χ1n) is 6.63. The first kappa shape index (κ1) is 16.5. The van der Waals surface area contributed by atoms with Crippen molar-refractivity contribution in [2.45, 2.75) is 52.3 Å². The molecule has 0 aromatic carbocycles. The molecule has 0 spiro atoms. The van der Waals surface area contributed by atoms with Crippen LogP contribution in [0.1, 0.15) is 41.0 Å². The second-order valence-corrected chi connectivity index (χ2v) is 5.91. The molecule has 0 fully saturated rings. The zero-order valence-corrected chi connectivity index (χ0v) is 13.0. The summed E-state index contributed by atoms with van der Waals surface area (Å²) in [4.78, 5) is 11.5. The molecule has 0 aromatic heterocycles. The number of hydrogen-bond donors (Lipinski definition) is 0. The number of hydroxylamine groups is 2. The molecule has 0 saturated heterocycles. The van der Waals surface area contributed by atoms with Crippen LogP contribution < -0.4 is 0 Å². The highest BCUT2D eigenvalue weighted by molar-refractivity contribution is 5.60. The molecular formula is C14H24N2O4. The number of quaternary nitrogens is 1. The third-order valence-electron chi connectivity index (χ3n) is 3.44. The molecule has 0 N–H and O–H groups in total. The van der Waals surface area contributed by atoms with E-state index < -0.39 is 22.2 Å². The van der Waals surface area contributed by atoms with Gasteiger partial charge in [-0.05, 0) is 32.9 Å². The van der Waals surface area contributed by atoms with E-state index in [-0.39, 0.29) is 0 Å². The van der Waals surface area contributed by atoms with Crippen LogP contribution in [0.3, 0.4) is 0 Å². The van der Waals surface area contributed by atoms with Crippen LogP contribution in [-0.4, -0.2) is 34.3 Å². The summed E-state index contributed by atoms with van der Waals surface area (Å²) >= 11 is 0. The minimum Gasteiger partial charge on any atom is -0.598 e. The van der Waals surface area contributed by atoms with Gasteiger partial charge >= 0.3 is 6.16 Å². The summed E-state index contributed by atoms with van der Waals surface area (Å²) in [6.45, 7) is 9.19. The Hall–Kier alpha value is -1.53. The van der Waals surface area contributed by atoms with Crippen molar-refractivity contribution in [3.05, 3.63) is 29.8 Å². The molecule has 1 aliphatic heterocycles. The SMILES string of the molecule is CCC(C)(OC(=O)OC)[N+]1([O-])C=CC=CN1C(C)(C)C. The van der Waals surface area contributed by atoms with E-state index >= 15 is 0 Å². The maximum atomic E-state index is 13.4. The molecule has 0 aromatic rings. The molecule has 6 heteroatoms. The van der Waals surface area contributed by atoms with E-state index in [0.29, 0.717) is 6.42 Å². The van der Waals surface area contributed by atoms with Gasteiger partial charge in [0.05, 0.1) is 18.8 Å². The highest BCUT2D eigenvalue weighted by atomic mass is 16.8. The second kappa shape index (κ2) is 5.46.